The van der Waals surface area contributed by atoms with Gasteiger partial charge in [0.2, 0.25) is 42.1 Å². The minimum atomic E-state index is -4.61. The summed E-state index contributed by atoms with van der Waals surface area (Å²) < 4.78 is 98.3. The highest BCUT2D eigenvalue weighted by Gasteiger charge is 2.50. The molecule has 35 nitrogen and oxygen atoms in total. The van der Waals surface area contributed by atoms with Crippen molar-refractivity contribution in [3.05, 3.63) is 58.7 Å². The number of aryl methyl sites for hydroxylation is 2. The van der Waals surface area contributed by atoms with E-state index >= 15 is 0 Å². The Morgan fingerprint density at radius 1 is 0.531 bits per heavy atom. The van der Waals surface area contributed by atoms with Gasteiger partial charge in [0, 0.05) is 70.6 Å². The molecule has 5 rings (SSSR count). The molecule has 0 bridgehead atoms. The number of carbonyl (C=O) groups excluding carboxylic acids is 9. The van der Waals surface area contributed by atoms with E-state index < -0.39 is 158 Å². The minimum Gasteiger partial charge on any atom is -0.479 e. The number of carbonyl (C=O) groups is 11. The van der Waals surface area contributed by atoms with E-state index in [4.69, 9.17) is 28.4 Å². The minimum absolute atomic E-state index is 0. The largest absolute Gasteiger partial charge is 0.479 e. The van der Waals surface area contributed by atoms with Crippen molar-refractivity contribution >= 4 is 85.2 Å². The molecule has 0 saturated carbocycles. The molecule has 3 aliphatic rings. The van der Waals surface area contributed by atoms with Gasteiger partial charge in [-0.15, -0.1) is 0 Å². The molecule has 3 aliphatic heterocycles. The number of benzene rings is 2. The lowest BCUT2D eigenvalue weighted by molar-refractivity contribution is -0.271. The number of hydrogen-bond acceptors (Lipinski definition) is 27. The van der Waals surface area contributed by atoms with Gasteiger partial charge in [-0.3, -0.25) is 57.2 Å². The molecule has 2 aromatic carbocycles. The van der Waals surface area contributed by atoms with Crippen LogP contribution in [0, 0.1) is 28.6 Å². The molecule has 642 valence electrons. The van der Waals surface area contributed by atoms with Crippen LogP contribution in [0.4, 0.5) is 0 Å². The Morgan fingerprint density at radius 3 is 1.27 bits per heavy atom. The second-order valence-electron chi connectivity index (χ2n) is 29.8. The lowest BCUT2D eigenvalue weighted by Crippen LogP contribution is -2.61. The summed E-state index contributed by atoms with van der Waals surface area (Å²) in [4.78, 5) is 136. The van der Waals surface area contributed by atoms with E-state index in [9.17, 15) is 120 Å². The Hall–Kier alpha value is -7.69. The van der Waals surface area contributed by atoms with Gasteiger partial charge in [-0.25, -0.2) is 9.59 Å². The van der Waals surface area contributed by atoms with Gasteiger partial charge in [0.25, 0.3) is 20.2 Å². The number of aliphatic carboxylic acids is 2. The van der Waals surface area contributed by atoms with Gasteiger partial charge in [-0.05, 0) is 159 Å². The number of carboxylic acids is 2. The number of unbranched alkanes of at least 4 members (excludes halogenated alkanes) is 6. The summed E-state index contributed by atoms with van der Waals surface area (Å²) in [6, 6.07) is 9.21. The fourth-order valence-corrected chi connectivity index (χ4v) is 13.3. The maximum Gasteiger partial charge on any atom is 0.335 e. The zero-order valence-electron chi connectivity index (χ0n) is 65.4. The molecule has 3 heterocycles. The van der Waals surface area contributed by atoms with Crippen molar-refractivity contribution in [1.29, 1.82) is 0 Å². The standard InChI is InChI=1S/C37H54N2O16S.C36H56N2O15S.C2H6.CH4/c1-21-16-27(41)39(33(21)46)15-9-5-6-11-25(40)17-24(20-56(50,51)52)32(45)38-14-8-7-10-22-18-26(13-12-23(22)19-53-36(49)37(2,3)4)54-35-30(44)28(42)29(43)31(55-35)34(47)48;1-5-11-27(40)37-16-9-6-7-13-25(39)18-24(21-54(48,49)50)32(44)38-17-10-8-12-22-19-26(15-14-23(22)20-51-35(47)36(2,3)4)52-34-30(43)28(41)29(42)31(53-34)33(45)46;1-2;/h12-13,18,21,24,28-31,35,42-44H,5-11,14-17,19-20H2,1-4H3,(H,38,45)(H,47,48)(H,50,51,52);14-15,19,24,28-31,34,41-43H,5-13,16-18,20-21H2,1-4H3,(H,37,40)(H,38,44)(H,45,46)(H,48,49,50);1-2H3;1H4/t21?,24-,28-,29-,30+,31-,35+;24-,28-,29-,30+,31-,34+;;/m00../s1. The van der Waals surface area contributed by atoms with Gasteiger partial charge >= 0.3 is 23.9 Å². The van der Waals surface area contributed by atoms with Crippen LogP contribution in [0.5, 0.6) is 11.5 Å². The van der Waals surface area contributed by atoms with Crippen molar-refractivity contribution in [3.63, 3.8) is 0 Å². The molecule has 0 radical (unpaired) electrons. The molecule has 13 N–H and O–H groups in total. The lowest BCUT2D eigenvalue weighted by Gasteiger charge is -2.38. The molecule has 0 spiro atoms. The first-order valence-electron chi connectivity index (χ1n) is 37.7. The fraction of sp³-hybridized carbons (Fsp3) is 0.697. The van der Waals surface area contributed by atoms with E-state index in [0.29, 0.717) is 112 Å². The molecule has 1 unspecified atom stereocenters. The number of ether oxygens (including phenoxy) is 6. The topological polar surface area (TPSA) is 553 Å². The van der Waals surface area contributed by atoms with E-state index in [1.165, 1.54) is 17.0 Å². The van der Waals surface area contributed by atoms with Crippen molar-refractivity contribution in [2.45, 2.75) is 273 Å². The summed E-state index contributed by atoms with van der Waals surface area (Å²) in [6.07, 6.45) is -11.9. The van der Waals surface area contributed by atoms with Gasteiger partial charge in [-0.2, -0.15) is 16.8 Å². The first-order chi connectivity index (χ1) is 52.3. The Kier molecular flexibility index (Phi) is 43.6. The third kappa shape index (κ3) is 35.9. The molecule has 3 fully saturated rings. The second kappa shape index (κ2) is 48.6. The number of amides is 5. The number of nitrogens with one attached hydrogen (secondary N) is 3. The van der Waals surface area contributed by atoms with Crippen molar-refractivity contribution in [3.8, 4) is 11.5 Å². The van der Waals surface area contributed by atoms with Crippen molar-refractivity contribution in [1.82, 2.24) is 20.9 Å². The number of aliphatic hydroxyl groups is 6. The maximum absolute atomic E-state index is 13.0. The maximum atomic E-state index is 13.0. The van der Waals surface area contributed by atoms with Crippen molar-refractivity contribution in [2.75, 3.05) is 37.7 Å². The normalized spacial score (nSPS) is 21.6. The number of imide groups is 1. The summed E-state index contributed by atoms with van der Waals surface area (Å²) in [7, 11) is -9.18. The van der Waals surface area contributed by atoms with Crippen LogP contribution in [-0.2, 0) is 118 Å². The quantitative estimate of drug-likeness (QED) is 0.0193. The first-order valence-corrected chi connectivity index (χ1v) is 40.9. The molecule has 5 amide bonds. The summed E-state index contributed by atoms with van der Waals surface area (Å²) in [5, 5.41) is 87.8. The van der Waals surface area contributed by atoms with Crippen LogP contribution in [0.25, 0.3) is 0 Å². The Morgan fingerprint density at radius 2 is 0.912 bits per heavy atom. The third-order valence-corrected chi connectivity index (χ3v) is 19.7. The van der Waals surface area contributed by atoms with E-state index in [0.717, 1.165) is 6.42 Å². The van der Waals surface area contributed by atoms with Gasteiger partial charge in [-0.1, -0.05) is 60.1 Å². The summed E-state index contributed by atoms with van der Waals surface area (Å²) >= 11 is 0. The summed E-state index contributed by atoms with van der Waals surface area (Å²) in [6.45, 7) is 18.5. The SMILES string of the molecule is C.CC.CC1CC(=O)N(CCCCCC(=O)C[C@@H](CS(=O)(=O)O)C(=O)NCCCCc2cc(O[C@@H]3O[C@H](C(=O)O)[C@@H](O)[C@H](O)[C@H]3O)ccc2COC(=O)C(C)(C)C)C1=O.CCCC(=O)NCCCCCC(=O)C[C@@H](CS(=O)(=O)O)C(=O)NCCCCc1cc(O[C@@H]2O[C@H](C(=O)O)[C@@H](O)[C@H](O)[C@H]2O)ccc1COC(=O)C(C)(C)C. The first kappa shape index (κ1) is 101. The fourth-order valence-electron chi connectivity index (χ4n) is 11.7. The number of ketones is 2. The second-order valence-corrected chi connectivity index (χ2v) is 32.8. The van der Waals surface area contributed by atoms with Crippen LogP contribution in [0.2, 0.25) is 0 Å². The zero-order valence-corrected chi connectivity index (χ0v) is 67.0. The Labute approximate surface area is 660 Å². The molecule has 0 aliphatic carbocycles. The molecule has 13 atom stereocenters. The molecule has 0 aromatic heterocycles. The Bertz CT molecular complexity index is 3690. The average Bonchev–Trinajstić information content (AvgIpc) is 1.50. The van der Waals surface area contributed by atoms with Crippen LogP contribution in [0.3, 0.4) is 0 Å². The highest BCUT2D eigenvalue weighted by atomic mass is 32.2. The number of nitrogens with zero attached hydrogens (tertiary/aromatic N) is 1. The molecule has 3 saturated heterocycles. The highest BCUT2D eigenvalue weighted by Crippen LogP contribution is 2.31. The van der Waals surface area contributed by atoms with Crippen LogP contribution >= 0.6 is 0 Å². The molecule has 2 aromatic rings. The van der Waals surface area contributed by atoms with Crippen LogP contribution in [0.15, 0.2) is 36.4 Å². The number of likely N-dealkylation sites (tertiary alicyclic amines) is 1. The zero-order chi connectivity index (χ0) is 84.6. The average molecular weight is 1650 g/mol. The van der Waals surface area contributed by atoms with E-state index in [2.05, 4.69) is 16.0 Å². The van der Waals surface area contributed by atoms with Gasteiger partial charge < -0.3 is 85.2 Å². The van der Waals surface area contributed by atoms with Crippen molar-refractivity contribution < 1.29 is 148 Å². The van der Waals surface area contributed by atoms with Crippen molar-refractivity contribution in [2.24, 2.45) is 28.6 Å². The lowest BCUT2D eigenvalue weighted by atomic mass is 9.97. The predicted molar refractivity (Wildman–Crippen MR) is 406 cm³/mol. The van der Waals surface area contributed by atoms with Crippen LogP contribution in [-0.4, -0.2) is 236 Å². The van der Waals surface area contributed by atoms with Crippen LogP contribution < -0.4 is 25.4 Å². The van der Waals surface area contributed by atoms with E-state index in [1.807, 2.05) is 20.8 Å². The number of aliphatic hydroxyl groups excluding tert-OH is 6. The molecule has 113 heavy (non-hydrogen) atoms. The molecular weight excluding hydrogens is 1530 g/mol. The van der Waals surface area contributed by atoms with Crippen LogP contribution in [0.1, 0.15) is 208 Å². The highest BCUT2D eigenvalue weighted by molar-refractivity contribution is 7.86. The van der Waals surface area contributed by atoms with Gasteiger partial charge in [0.05, 0.1) is 34.2 Å². The number of rotatable bonds is 44. The summed E-state index contributed by atoms with van der Waals surface area (Å²) in [5.41, 5.74) is 0.868. The van der Waals surface area contributed by atoms with E-state index in [1.54, 1.807) is 72.7 Å². The van der Waals surface area contributed by atoms with E-state index in [-0.39, 0.29) is 113 Å². The number of esters is 2. The third-order valence-electron chi connectivity index (χ3n) is 18.0. The Balaban J connectivity index is 0.000000744. The number of carboxylic acid groups (broad SMARTS) is 2. The van der Waals surface area contributed by atoms with Gasteiger partial charge in [0.15, 0.2) is 12.2 Å². The predicted octanol–water partition coefficient (Wildman–Crippen LogP) is 3.99. The number of hydrogen-bond donors (Lipinski definition) is 13. The summed E-state index contributed by atoms with van der Waals surface area (Å²) in [5.74, 6) is -11.3. The van der Waals surface area contributed by atoms with Gasteiger partial charge in [0.1, 0.15) is 72.9 Å². The smallest absolute Gasteiger partial charge is 0.335 e. The number of Topliss-reactive ketones (excluding diaryl/α,β-unsaturated/α-hetero) is 2. The molecular formula is C76H120N4O31S2. The molecule has 37 heteroatoms. The monoisotopic (exact) mass is 1650 g/mol.